The Labute approximate surface area is 166 Å². The molecule has 0 aliphatic carbocycles. The SMILES string of the molecule is O=C(Nc1ccc(Cl)cn1)C1CCN(c2ccccc2S(=O)(=O)C(F)F)CC1. The summed E-state index contributed by atoms with van der Waals surface area (Å²) in [5.41, 5.74) is 0.237. The molecule has 1 amide bonds. The molecule has 3 rings (SSSR count). The second-order valence-corrected chi connectivity index (χ2v) is 8.71. The molecule has 0 unspecified atom stereocenters. The van der Waals surface area contributed by atoms with Gasteiger partial charge in [-0.25, -0.2) is 13.4 Å². The number of carbonyl (C=O) groups excluding carboxylic acids is 1. The lowest BCUT2D eigenvalue weighted by molar-refractivity contribution is -0.120. The molecule has 0 spiro atoms. The van der Waals surface area contributed by atoms with Crippen molar-refractivity contribution in [1.29, 1.82) is 0 Å². The number of nitrogens with zero attached hydrogens (tertiary/aromatic N) is 2. The van der Waals surface area contributed by atoms with Crippen LogP contribution in [-0.2, 0) is 14.6 Å². The van der Waals surface area contributed by atoms with Gasteiger partial charge in [-0.05, 0) is 37.1 Å². The van der Waals surface area contributed by atoms with Crippen LogP contribution in [0.4, 0.5) is 20.3 Å². The first kappa shape index (κ1) is 20.5. The van der Waals surface area contributed by atoms with Gasteiger partial charge >= 0.3 is 5.76 Å². The van der Waals surface area contributed by atoms with Crippen LogP contribution in [0.15, 0.2) is 47.5 Å². The molecule has 6 nitrogen and oxygen atoms in total. The third-order valence-corrected chi connectivity index (χ3v) is 6.24. The molecule has 1 N–H and O–H groups in total. The zero-order chi connectivity index (χ0) is 20.3. The third-order valence-electron chi connectivity index (χ3n) is 4.59. The van der Waals surface area contributed by atoms with Gasteiger partial charge in [0.2, 0.25) is 15.7 Å². The lowest BCUT2D eigenvalue weighted by Crippen LogP contribution is -2.39. The van der Waals surface area contributed by atoms with Gasteiger partial charge in [-0.1, -0.05) is 23.7 Å². The predicted molar refractivity (Wildman–Crippen MR) is 102 cm³/mol. The standard InChI is InChI=1S/C18H18ClF2N3O3S/c19-13-5-6-16(22-11-13)23-17(25)12-7-9-24(10-8-12)14-3-1-2-4-15(14)28(26,27)18(20)21/h1-6,11-12,18H,7-10H2,(H,22,23,25). The van der Waals surface area contributed by atoms with Gasteiger partial charge in [0.05, 0.1) is 15.6 Å². The number of aromatic nitrogens is 1. The smallest absolute Gasteiger partial charge is 0.341 e. The molecule has 0 radical (unpaired) electrons. The average Bonchev–Trinajstić information content (AvgIpc) is 2.69. The number of pyridine rings is 1. The van der Waals surface area contributed by atoms with Gasteiger partial charge in [0, 0.05) is 25.2 Å². The fourth-order valence-electron chi connectivity index (χ4n) is 3.12. The van der Waals surface area contributed by atoms with Crippen molar-refractivity contribution < 1.29 is 22.0 Å². The third kappa shape index (κ3) is 4.41. The molecule has 28 heavy (non-hydrogen) atoms. The minimum absolute atomic E-state index is 0.192. The fourth-order valence-corrected chi connectivity index (χ4v) is 4.18. The highest BCUT2D eigenvalue weighted by Crippen LogP contribution is 2.32. The van der Waals surface area contributed by atoms with Crippen LogP contribution in [0.1, 0.15) is 12.8 Å². The molecular formula is C18H18ClF2N3O3S. The molecule has 0 bridgehead atoms. The van der Waals surface area contributed by atoms with Crippen LogP contribution in [0.5, 0.6) is 0 Å². The number of benzene rings is 1. The van der Waals surface area contributed by atoms with E-state index in [4.69, 9.17) is 11.6 Å². The van der Waals surface area contributed by atoms with Crippen molar-refractivity contribution in [3.05, 3.63) is 47.6 Å². The summed E-state index contributed by atoms with van der Waals surface area (Å²) in [5, 5.41) is 3.18. The van der Waals surface area contributed by atoms with E-state index in [0.29, 0.717) is 36.8 Å². The van der Waals surface area contributed by atoms with Crippen LogP contribution in [0.2, 0.25) is 5.02 Å². The summed E-state index contributed by atoms with van der Waals surface area (Å²) < 4.78 is 49.8. The van der Waals surface area contributed by atoms with Crippen LogP contribution < -0.4 is 10.2 Å². The van der Waals surface area contributed by atoms with E-state index >= 15 is 0 Å². The number of carbonyl (C=O) groups is 1. The quantitative estimate of drug-likeness (QED) is 0.785. The molecule has 0 saturated carbocycles. The summed E-state index contributed by atoms with van der Waals surface area (Å²) in [6.07, 6.45) is 2.35. The van der Waals surface area contributed by atoms with Crippen LogP contribution in [0.25, 0.3) is 0 Å². The summed E-state index contributed by atoms with van der Waals surface area (Å²) in [7, 11) is -4.70. The zero-order valence-electron chi connectivity index (χ0n) is 14.7. The number of halogens is 3. The van der Waals surface area contributed by atoms with Gasteiger partial charge in [0.1, 0.15) is 5.82 Å². The molecule has 1 aliphatic heterocycles. The lowest BCUT2D eigenvalue weighted by Gasteiger charge is -2.34. The van der Waals surface area contributed by atoms with E-state index in [0.717, 1.165) is 0 Å². The Morgan fingerprint density at radius 3 is 2.46 bits per heavy atom. The number of hydrogen-bond donors (Lipinski definition) is 1. The van der Waals surface area contributed by atoms with Gasteiger partial charge < -0.3 is 10.2 Å². The maximum Gasteiger partial charge on any atom is 0.341 e. The number of piperidine rings is 1. The largest absolute Gasteiger partial charge is 0.370 e. The van der Waals surface area contributed by atoms with Crippen molar-refractivity contribution in [3.8, 4) is 0 Å². The van der Waals surface area contributed by atoms with E-state index in [1.807, 2.05) is 0 Å². The van der Waals surface area contributed by atoms with Crippen molar-refractivity contribution in [2.24, 2.45) is 5.92 Å². The first-order valence-electron chi connectivity index (χ1n) is 8.57. The molecule has 1 aromatic heterocycles. The zero-order valence-corrected chi connectivity index (χ0v) is 16.3. The van der Waals surface area contributed by atoms with Crippen LogP contribution in [0, 0.1) is 5.92 Å². The molecule has 10 heteroatoms. The highest BCUT2D eigenvalue weighted by atomic mass is 35.5. The predicted octanol–water partition coefficient (Wildman–Crippen LogP) is 3.59. The Morgan fingerprint density at radius 2 is 1.86 bits per heavy atom. The Morgan fingerprint density at radius 1 is 1.18 bits per heavy atom. The molecule has 2 heterocycles. The fraction of sp³-hybridized carbons (Fsp3) is 0.333. The van der Waals surface area contributed by atoms with Crippen LogP contribution >= 0.6 is 11.6 Å². The Kier molecular flexibility index (Phi) is 6.14. The van der Waals surface area contributed by atoms with Crippen LogP contribution in [-0.4, -0.2) is 38.2 Å². The van der Waals surface area contributed by atoms with Gasteiger partial charge in [0.25, 0.3) is 0 Å². The van der Waals surface area contributed by atoms with Gasteiger partial charge in [-0.15, -0.1) is 0 Å². The first-order chi connectivity index (χ1) is 13.3. The van der Waals surface area contributed by atoms with Crippen molar-refractivity contribution in [1.82, 2.24) is 4.98 Å². The minimum atomic E-state index is -4.70. The highest BCUT2D eigenvalue weighted by Gasteiger charge is 2.32. The highest BCUT2D eigenvalue weighted by molar-refractivity contribution is 7.91. The second-order valence-electron chi connectivity index (χ2n) is 6.39. The first-order valence-corrected chi connectivity index (χ1v) is 10.5. The number of amides is 1. The van der Waals surface area contributed by atoms with Crippen molar-refractivity contribution >= 4 is 38.9 Å². The summed E-state index contributed by atoms with van der Waals surface area (Å²) in [6, 6.07) is 8.92. The molecule has 0 atom stereocenters. The molecule has 1 fully saturated rings. The number of rotatable bonds is 5. The monoisotopic (exact) mass is 429 g/mol. The second kappa shape index (κ2) is 8.40. The maximum atomic E-state index is 13.0. The van der Waals surface area contributed by atoms with E-state index in [9.17, 15) is 22.0 Å². The van der Waals surface area contributed by atoms with Crippen molar-refractivity contribution in [3.63, 3.8) is 0 Å². The van der Waals surface area contributed by atoms with E-state index in [1.165, 1.54) is 24.4 Å². The number of para-hydroxylation sites is 1. The topological polar surface area (TPSA) is 79.4 Å². The average molecular weight is 430 g/mol. The summed E-state index contributed by atoms with van der Waals surface area (Å²) in [4.78, 5) is 17.8. The van der Waals surface area contributed by atoms with E-state index in [2.05, 4.69) is 10.3 Å². The molecular weight excluding hydrogens is 412 g/mol. The lowest BCUT2D eigenvalue weighted by atomic mass is 9.95. The normalized spacial score (nSPS) is 15.6. The molecule has 1 aromatic carbocycles. The van der Waals surface area contributed by atoms with Gasteiger partial charge in [0.15, 0.2) is 0 Å². The number of sulfone groups is 1. The van der Waals surface area contributed by atoms with Crippen molar-refractivity contribution in [2.45, 2.75) is 23.5 Å². The molecule has 2 aromatic rings. The van der Waals surface area contributed by atoms with Gasteiger partial charge in [-0.3, -0.25) is 4.79 Å². The van der Waals surface area contributed by atoms with E-state index in [1.54, 1.807) is 23.1 Å². The Balaban J connectivity index is 1.68. The molecule has 1 saturated heterocycles. The summed E-state index contributed by atoms with van der Waals surface area (Å²) in [6.45, 7) is 0.754. The van der Waals surface area contributed by atoms with E-state index < -0.39 is 20.5 Å². The summed E-state index contributed by atoms with van der Waals surface area (Å²) in [5.74, 6) is -3.57. The van der Waals surface area contributed by atoms with E-state index in [-0.39, 0.29) is 17.5 Å². The van der Waals surface area contributed by atoms with Gasteiger partial charge in [-0.2, -0.15) is 8.78 Å². The molecule has 150 valence electrons. The Bertz CT molecular complexity index is 947. The summed E-state index contributed by atoms with van der Waals surface area (Å²) >= 11 is 5.77. The molecule has 1 aliphatic rings. The number of alkyl halides is 2. The number of anilines is 2. The van der Waals surface area contributed by atoms with Crippen molar-refractivity contribution in [2.75, 3.05) is 23.3 Å². The minimum Gasteiger partial charge on any atom is -0.370 e. The van der Waals surface area contributed by atoms with Crippen LogP contribution in [0.3, 0.4) is 0 Å². The number of hydrogen-bond acceptors (Lipinski definition) is 5. The maximum absolute atomic E-state index is 13.0. The Hall–Kier alpha value is -2.26. The number of nitrogens with one attached hydrogen (secondary N) is 1.